The van der Waals surface area contributed by atoms with Crippen molar-refractivity contribution in [1.82, 2.24) is 9.78 Å². The van der Waals surface area contributed by atoms with Crippen molar-refractivity contribution in [2.24, 2.45) is 7.05 Å². The van der Waals surface area contributed by atoms with Gasteiger partial charge in [-0.05, 0) is 12.5 Å². The second kappa shape index (κ2) is 1.81. The largest absolute Gasteiger partial charge is 0.272 e. The minimum absolute atomic E-state index is 0.132. The van der Waals surface area contributed by atoms with Gasteiger partial charge in [0, 0.05) is 24.9 Å². The fourth-order valence-corrected chi connectivity index (χ4v) is 1.22. The molecule has 0 bridgehead atoms. The maximum absolute atomic E-state index is 12.5. The summed E-state index contributed by atoms with van der Waals surface area (Å²) in [6.45, 7) is 0. The number of alkyl halides is 1. The lowest BCUT2D eigenvalue weighted by atomic mass is 10.3. The van der Waals surface area contributed by atoms with Crippen molar-refractivity contribution in [2.45, 2.75) is 18.5 Å². The molecule has 1 aromatic heterocycles. The first-order valence-corrected chi connectivity index (χ1v) is 3.41. The van der Waals surface area contributed by atoms with Crippen LogP contribution in [0.2, 0.25) is 0 Å². The maximum atomic E-state index is 12.5. The van der Waals surface area contributed by atoms with Crippen LogP contribution >= 0.6 is 0 Å². The molecule has 0 spiro atoms. The van der Waals surface area contributed by atoms with Gasteiger partial charge in [-0.25, -0.2) is 4.39 Å². The Hall–Kier alpha value is -0.860. The lowest BCUT2D eigenvalue weighted by molar-refractivity contribution is 0.463. The van der Waals surface area contributed by atoms with Gasteiger partial charge < -0.3 is 0 Å². The predicted octanol–water partition coefficient (Wildman–Crippen LogP) is 1.25. The van der Waals surface area contributed by atoms with Gasteiger partial charge in [0.25, 0.3) is 0 Å². The highest BCUT2D eigenvalue weighted by Gasteiger charge is 2.40. The van der Waals surface area contributed by atoms with Gasteiger partial charge in [0.05, 0.1) is 0 Å². The Labute approximate surface area is 58.7 Å². The van der Waals surface area contributed by atoms with Gasteiger partial charge in [-0.15, -0.1) is 0 Å². The third kappa shape index (κ3) is 0.735. The lowest BCUT2D eigenvalue weighted by Gasteiger charge is -1.95. The van der Waals surface area contributed by atoms with E-state index < -0.39 is 6.17 Å². The topological polar surface area (TPSA) is 17.8 Å². The Kier molecular flexibility index (Phi) is 1.07. The summed E-state index contributed by atoms with van der Waals surface area (Å²) < 4.78 is 14.2. The zero-order valence-electron chi connectivity index (χ0n) is 5.79. The average Bonchev–Trinajstić information content (AvgIpc) is 2.42. The van der Waals surface area contributed by atoms with Gasteiger partial charge in [0.15, 0.2) is 0 Å². The van der Waals surface area contributed by atoms with Crippen LogP contribution in [-0.2, 0) is 7.05 Å². The van der Waals surface area contributed by atoms with Crippen LogP contribution in [0.25, 0.3) is 0 Å². The average molecular weight is 140 g/mol. The Bertz CT molecular complexity index is 244. The Balaban J connectivity index is 2.26. The molecule has 1 aromatic rings. The highest BCUT2D eigenvalue weighted by molar-refractivity contribution is 5.17. The van der Waals surface area contributed by atoms with Crippen molar-refractivity contribution in [3.63, 3.8) is 0 Å². The van der Waals surface area contributed by atoms with Gasteiger partial charge >= 0.3 is 0 Å². The Morgan fingerprint density at radius 1 is 1.80 bits per heavy atom. The van der Waals surface area contributed by atoms with E-state index in [1.165, 1.54) is 0 Å². The zero-order chi connectivity index (χ0) is 7.14. The van der Waals surface area contributed by atoms with Crippen molar-refractivity contribution in [3.8, 4) is 0 Å². The second-order valence-electron chi connectivity index (χ2n) is 2.74. The predicted molar refractivity (Wildman–Crippen MR) is 35.5 cm³/mol. The van der Waals surface area contributed by atoms with Crippen molar-refractivity contribution in [2.75, 3.05) is 0 Å². The molecule has 1 aliphatic carbocycles. The molecule has 1 saturated carbocycles. The number of aromatic nitrogens is 2. The van der Waals surface area contributed by atoms with E-state index in [9.17, 15) is 4.39 Å². The van der Waals surface area contributed by atoms with Crippen LogP contribution in [0.1, 0.15) is 18.0 Å². The summed E-state index contributed by atoms with van der Waals surface area (Å²) in [5, 5.41) is 3.96. The van der Waals surface area contributed by atoms with Crippen LogP contribution in [0.5, 0.6) is 0 Å². The summed E-state index contributed by atoms with van der Waals surface area (Å²) in [6, 6.07) is 1.88. The molecule has 0 aromatic carbocycles. The summed E-state index contributed by atoms with van der Waals surface area (Å²) >= 11 is 0. The van der Waals surface area contributed by atoms with E-state index in [4.69, 9.17) is 0 Å². The quantitative estimate of drug-likeness (QED) is 0.574. The third-order valence-electron chi connectivity index (χ3n) is 1.95. The van der Waals surface area contributed by atoms with Gasteiger partial charge in [0.1, 0.15) is 6.17 Å². The van der Waals surface area contributed by atoms with Crippen LogP contribution in [0.4, 0.5) is 4.39 Å². The molecule has 1 fully saturated rings. The molecule has 1 heterocycles. The second-order valence-corrected chi connectivity index (χ2v) is 2.74. The van der Waals surface area contributed by atoms with Crippen LogP contribution < -0.4 is 0 Å². The molecular formula is C7H9FN2. The van der Waals surface area contributed by atoms with E-state index >= 15 is 0 Å². The molecule has 0 aliphatic heterocycles. The molecule has 3 heteroatoms. The minimum Gasteiger partial charge on any atom is -0.272 e. The molecule has 2 atom stereocenters. The van der Waals surface area contributed by atoms with Gasteiger partial charge in [0.2, 0.25) is 0 Å². The van der Waals surface area contributed by atoms with Gasteiger partial charge in [-0.1, -0.05) is 0 Å². The molecule has 0 N–H and O–H groups in total. The first kappa shape index (κ1) is 5.89. The monoisotopic (exact) mass is 140 g/mol. The molecule has 10 heavy (non-hydrogen) atoms. The minimum atomic E-state index is -0.615. The summed E-state index contributed by atoms with van der Waals surface area (Å²) in [5.41, 5.74) is 1.02. The molecule has 0 amide bonds. The molecule has 0 unspecified atom stereocenters. The summed E-state index contributed by atoms with van der Waals surface area (Å²) in [4.78, 5) is 0. The van der Waals surface area contributed by atoms with Crippen LogP contribution in [-0.4, -0.2) is 16.0 Å². The Morgan fingerprint density at radius 2 is 2.50 bits per heavy atom. The number of hydrogen-bond acceptors (Lipinski definition) is 1. The van der Waals surface area contributed by atoms with E-state index in [2.05, 4.69) is 5.10 Å². The molecule has 1 aliphatic rings. The maximum Gasteiger partial charge on any atom is 0.109 e. The third-order valence-corrected chi connectivity index (χ3v) is 1.95. The van der Waals surface area contributed by atoms with Crippen molar-refractivity contribution in [3.05, 3.63) is 18.0 Å². The zero-order valence-corrected chi connectivity index (χ0v) is 5.79. The van der Waals surface area contributed by atoms with Gasteiger partial charge in [-0.3, -0.25) is 4.68 Å². The van der Waals surface area contributed by atoms with Crippen LogP contribution in [0, 0.1) is 0 Å². The highest BCUT2D eigenvalue weighted by atomic mass is 19.1. The fourth-order valence-electron chi connectivity index (χ4n) is 1.22. The van der Waals surface area contributed by atoms with Crippen LogP contribution in [0.3, 0.4) is 0 Å². The van der Waals surface area contributed by atoms with E-state index in [-0.39, 0.29) is 5.92 Å². The number of rotatable bonds is 1. The SMILES string of the molecule is Cn1nccc1[C@@H]1C[C@H]1F. The molecule has 2 rings (SSSR count). The normalized spacial score (nSPS) is 30.6. The van der Waals surface area contributed by atoms with E-state index in [1.807, 2.05) is 13.1 Å². The van der Waals surface area contributed by atoms with Gasteiger partial charge in [-0.2, -0.15) is 5.10 Å². The van der Waals surface area contributed by atoms with Crippen molar-refractivity contribution in [1.29, 1.82) is 0 Å². The number of hydrogen-bond donors (Lipinski definition) is 0. The van der Waals surface area contributed by atoms with E-state index in [0.29, 0.717) is 6.42 Å². The lowest BCUT2D eigenvalue weighted by Crippen LogP contribution is -1.96. The molecule has 2 nitrogen and oxygen atoms in total. The number of halogens is 1. The number of aryl methyl sites for hydroxylation is 1. The smallest absolute Gasteiger partial charge is 0.109 e. The highest BCUT2D eigenvalue weighted by Crippen LogP contribution is 2.42. The summed E-state index contributed by atoms with van der Waals surface area (Å²) in [7, 11) is 1.85. The van der Waals surface area contributed by atoms with E-state index in [1.54, 1.807) is 10.9 Å². The first-order valence-electron chi connectivity index (χ1n) is 3.41. The van der Waals surface area contributed by atoms with Crippen LogP contribution in [0.15, 0.2) is 12.3 Å². The number of nitrogens with zero attached hydrogens (tertiary/aromatic N) is 2. The Morgan fingerprint density at radius 3 is 2.90 bits per heavy atom. The van der Waals surface area contributed by atoms with E-state index in [0.717, 1.165) is 5.69 Å². The standard InChI is InChI=1S/C7H9FN2/c1-10-7(2-3-9-10)5-4-6(5)8/h2-3,5-6H,4H2,1H3/t5-,6-/m1/s1. The molecular weight excluding hydrogens is 131 g/mol. The summed E-state index contributed by atoms with van der Waals surface area (Å²) in [5.74, 6) is 0.132. The molecule has 54 valence electrons. The van der Waals surface area contributed by atoms with Crippen molar-refractivity contribution >= 4 is 0 Å². The first-order chi connectivity index (χ1) is 4.79. The fraction of sp³-hybridized carbons (Fsp3) is 0.571. The molecule has 0 radical (unpaired) electrons. The summed E-state index contributed by atoms with van der Waals surface area (Å²) in [6.07, 6.45) is 1.77. The molecule has 0 saturated heterocycles. The van der Waals surface area contributed by atoms with Crippen molar-refractivity contribution < 1.29 is 4.39 Å².